The second kappa shape index (κ2) is 13.1. The molecule has 1 atom stereocenters. The Kier molecular flexibility index (Phi) is 8.93. The molecule has 0 bridgehead atoms. The highest BCUT2D eigenvalue weighted by molar-refractivity contribution is 8.00. The van der Waals surface area contributed by atoms with E-state index in [2.05, 4.69) is 11.1 Å². The molecule has 1 aromatic heterocycles. The van der Waals surface area contributed by atoms with Crippen LogP contribution in [0.25, 0.3) is 11.3 Å². The number of hydrogen-bond acceptors (Lipinski definition) is 9. The third-order valence-electron chi connectivity index (χ3n) is 6.59. The van der Waals surface area contributed by atoms with E-state index in [0.29, 0.717) is 39.9 Å². The van der Waals surface area contributed by atoms with E-state index in [0.717, 1.165) is 22.2 Å². The van der Waals surface area contributed by atoms with E-state index in [1.165, 1.54) is 24.3 Å². The maximum Gasteiger partial charge on any atom is 0.338 e. The van der Waals surface area contributed by atoms with Crippen LogP contribution >= 0.6 is 11.8 Å². The van der Waals surface area contributed by atoms with Gasteiger partial charge in [-0.3, -0.25) is 14.4 Å². The topological polar surface area (TPSA) is 127 Å². The van der Waals surface area contributed by atoms with Crippen LogP contribution in [0, 0.1) is 11.3 Å². The Labute approximate surface area is 252 Å². The maximum absolute atomic E-state index is 13.3. The third kappa shape index (κ3) is 6.63. The Balaban J connectivity index is 1.23. The van der Waals surface area contributed by atoms with E-state index in [1.807, 2.05) is 37.3 Å². The number of hydrogen-bond donors (Lipinski definition) is 0. The van der Waals surface area contributed by atoms with Crippen LogP contribution in [-0.4, -0.2) is 47.0 Å². The SMILES string of the molecule is CCOc1ccc(C(=O)COC(=O)c2ccc(N3C(=O)CC(Sc4nc(-c5ccccc5)ccc4C#N)C3=O)cc2)cc1. The highest BCUT2D eigenvalue weighted by Gasteiger charge is 2.40. The van der Waals surface area contributed by atoms with Gasteiger partial charge in [0.05, 0.1) is 34.4 Å². The molecule has 0 radical (unpaired) electrons. The number of ether oxygens (including phenoxy) is 2. The van der Waals surface area contributed by atoms with Crippen LogP contribution in [0.15, 0.2) is 96.0 Å². The number of pyridine rings is 1. The van der Waals surface area contributed by atoms with Gasteiger partial charge in [-0.2, -0.15) is 5.26 Å². The van der Waals surface area contributed by atoms with Crippen LogP contribution in [0.4, 0.5) is 5.69 Å². The Hall–Kier alpha value is -5.27. The van der Waals surface area contributed by atoms with Crippen molar-refractivity contribution in [3.8, 4) is 23.1 Å². The standard InChI is InChI=1S/C33H25N3O6S/c1-2-41-26-15-10-22(11-16-26)28(37)20-42-33(40)23-8-13-25(14-9-23)36-30(38)18-29(32(36)39)43-31-24(19-34)12-17-27(35-31)21-6-4-3-5-7-21/h3-17,29H,2,18,20H2,1H3. The molecule has 1 aliphatic rings. The van der Waals surface area contributed by atoms with Gasteiger partial charge in [-0.1, -0.05) is 42.1 Å². The predicted molar refractivity (Wildman–Crippen MR) is 160 cm³/mol. The molecule has 1 fully saturated rings. The second-order valence-corrected chi connectivity index (χ2v) is 10.6. The molecular formula is C33H25N3O6S. The van der Waals surface area contributed by atoms with Gasteiger partial charge < -0.3 is 9.47 Å². The fourth-order valence-electron chi connectivity index (χ4n) is 4.44. The molecule has 1 saturated heterocycles. The van der Waals surface area contributed by atoms with E-state index >= 15 is 0 Å². The minimum atomic E-state index is -0.767. The Bertz CT molecular complexity index is 1720. The number of amides is 2. The molecule has 0 spiro atoms. The van der Waals surface area contributed by atoms with Gasteiger partial charge in [-0.25, -0.2) is 14.7 Å². The first kappa shape index (κ1) is 29.2. The van der Waals surface area contributed by atoms with Crippen LogP contribution in [0.2, 0.25) is 0 Å². The first-order chi connectivity index (χ1) is 20.9. The Morgan fingerprint density at radius 3 is 2.33 bits per heavy atom. The van der Waals surface area contributed by atoms with Gasteiger partial charge in [0.2, 0.25) is 11.8 Å². The maximum atomic E-state index is 13.3. The monoisotopic (exact) mass is 591 g/mol. The molecule has 1 unspecified atom stereocenters. The summed E-state index contributed by atoms with van der Waals surface area (Å²) in [5.41, 5.74) is 2.67. The molecule has 43 heavy (non-hydrogen) atoms. The van der Waals surface area contributed by atoms with Crippen molar-refractivity contribution in [3.63, 3.8) is 0 Å². The van der Waals surface area contributed by atoms with E-state index in [-0.39, 0.29) is 17.8 Å². The van der Waals surface area contributed by atoms with E-state index in [4.69, 9.17) is 9.47 Å². The first-order valence-corrected chi connectivity index (χ1v) is 14.3. The van der Waals surface area contributed by atoms with Crippen molar-refractivity contribution in [3.05, 3.63) is 108 Å². The molecule has 214 valence electrons. The number of nitrogens with zero attached hydrogens (tertiary/aromatic N) is 3. The average molecular weight is 592 g/mol. The van der Waals surface area contributed by atoms with Gasteiger partial charge in [0.15, 0.2) is 12.4 Å². The lowest BCUT2D eigenvalue weighted by molar-refractivity contribution is -0.121. The lowest BCUT2D eigenvalue weighted by atomic mass is 10.1. The van der Waals surface area contributed by atoms with E-state index in [1.54, 1.807) is 36.4 Å². The summed E-state index contributed by atoms with van der Waals surface area (Å²) in [5.74, 6) is -1.30. The molecule has 0 saturated carbocycles. The quantitative estimate of drug-likeness (QED) is 0.134. The van der Waals surface area contributed by atoms with Gasteiger partial charge in [-0.05, 0) is 67.6 Å². The largest absolute Gasteiger partial charge is 0.494 e. The molecule has 2 heterocycles. The molecular weight excluding hydrogens is 566 g/mol. The summed E-state index contributed by atoms with van der Waals surface area (Å²) in [6.07, 6.45) is -0.0664. The van der Waals surface area contributed by atoms with Crippen molar-refractivity contribution in [1.82, 2.24) is 4.98 Å². The fourth-order valence-corrected chi connectivity index (χ4v) is 5.53. The van der Waals surface area contributed by atoms with Crippen LogP contribution in [0.3, 0.4) is 0 Å². The lowest BCUT2D eigenvalue weighted by Gasteiger charge is -2.15. The summed E-state index contributed by atoms with van der Waals surface area (Å²) in [4.78, 5) is 56.8. The minimum Gasteiger partial charge on any atom is -0.494 e. The number of nitriles is 1. The van der Waals surface area contributed by atoms with Gasteiger partial charge in [0.1, 0.15) is 16.8 Å². The summed E-state index contributed by atoms with van der Waals surface area (Å²) in [6, 6.07) is 27.3. The number of anilines is 1. The zero-order valence-electron chi connectivity index (χ0n) is 23.1. The molecule has 5 rings (SSSR count). The number of imide groups is 1. The zero-order valence-corrected chi connectivity index (χ0v) is 23.9. The van der Waals surface area contributed by atoms with E-state index in [9.17, 15) is 24.4 Å². The average Bonchev–Trinajstić information content (AvgIpc) is 3.32. The molecule has 0 aliphatic carbocycles. The van der Waals surface area contributed by atoms with Gasteiger partial charge in [0.25, 0.3) is 0 Å². The van der Waals surface area contributed by atoms with Crippen molar-refractivity contribution < 1.29 is 28.7 Å². The number of ketones is 1. The number of Topliss-reactive ketones (excluding diaryl/α,β-unsaturated/α-hetero) is 1. The number of esters is 1. The highest BCUT2D eigenvalue weighted by atomic mass is 32.2. The molecule has 9 nitrogen and oxygen atoms in total. The second-order valence-electron chi connectivity index (χ2n) is 9.41. The highest BCUT2D eigenvalue weighted by Crippen LogP contribution is 2.35. The van der Waals surface area contributed by atoms with Crippen molar-refractivity contribution in [1.29, 1.82) is 5.26 Å². The van der Waals surface area contributed by atoms with Crippen LogP contribution < -0.4 is 9.64 Å². The summed E-state index contributed by atoms with van der Waals surface area (Å²) < 4.78 is 10.5. The molecule has 10 heteroatoms. The predicted octanol–water partition coefficient (Wildman–Crippen LogP) is 5.48. The number of rotatable bonds is 10. The number of carbonyl (C=O) groups excluding carboxylic acids is 4. The smallest absolute Gasteiger partial charge is 0.338 e. The van der Waals surface area contributed by atoms with Gasteiger partial charge >= 0.3 is 5.97 Å². The van der Waals surface area contributed by atoms with Crippen molar-refractivity contribution in [2.45, 2.75) is 23.6 Å². The Morgan fingerprint density at radius 1 is 0.953 bits per heavy atom. The van der Waals surface area contributed by atoms with Crippen LogP contribution in [0.5, 0.6) is 5.75 Å². The number of aromatic nitrogens is 1. The van der Waals surface area contributed by atoms with Crippen molar-refractivity contribution in [2.24, 2.45) is 0 Å². The lowest BCUT2D eigenvalue weighted by Crippen LogP contribution is -2.31. The van der Waals surface area contributed by atoms with Gasteiger partial charge in [-0.15, -0.1) is 0 Å². The summed E-state index contributed by atoms with van der Waals surface area (Å²) >= 11 is 1.08. The molecule has 1 aliphatic heterocycles. The first-order valence-electron chi connectivity index (χ1n) is 13.4. The molecule has 4 aromatic rings. The fraction of sp³-hybridized carbons (Fsp3) is 0.152. The number of carbonyl (C=O) groups is 4. The molecule has 0 N–H and O–H groups in total. The van der Waals surface area contributed by atoms with Crippen molar-refractivity contribution >= 4 is 41.0 Å². The van der Waals surface area contributed by atoms with Crippen molar-refractivity contribution in [2.75, 3.05) is 18.1 Å². The van der Waals surface area contributed by atoms with E-state index < -0.39 is 29.6 Å². The summed E-state index contributed by atoms with van der Waals surface area (Å²) in [7, 11) is 0. The third-order valence-corrected chi connectivity index (χ3v) is 7.78. The summed E-state index contributed by atoms with van der Waals surface area (Å²) in [5, 5.41) is 9.20. The Morgan fingerprint density at radius 2 is 1.65 bits per heavy atom. The van der Waals surface area contributed by atoms with Gasteiger partial charge in [0, 0.05) is 17.5 Å². The summed E-state index contributed by atoms with van der Waals surface area (Å²) in [6.45, 7) is 1.92. The normalized spacial score (nSPS) is 14.3. The molecule has 2 amide bonds. The molecule has 3 aromatic carbocycles. The van der Waals surface area contributed by atoms with Crippen LogP contribution in [0.1, 0.15) is 39.6 Å². The number of thioether (sulfide) groups is 1. The zero-order chi connectivity index (χ0) is 30.3. The minimum absolute atomic E-state index is 0.0664. The number of benzene rings is 3. The van der Waals surface area contributed by atoms with Crippen LogP contribution in [-0.2, 0) is 14.3 Å².